The highest BCUT2D eigenvalue weighted by Crippen LogP contribution is 2.27. The number of amides is 2. The van der Waals surface area contributed by atoms with E-state index < -0.39 is 33.4 Å². The second-order valence-corrected chi connectivity index (χ2v) is 14.3. The van der Waals surface area contributed by atoms with Crippen LogP contribution in [0.2, 0.25) is 0 Å². The van der Waals surface area contributed by atoms with Crippen LogP contribution in [0.3, 0.4) is 0 Å². The third-order valence-corrected chi connectivity index (χ3v) is 10.4. The number of thiocarbonyl (C=S) groups is 2. The highest BCUT2D eigenvalue weighted by Gasteiger charge is 2.43. The van der Waals surface area contributed by atoms with E-state index in [0.29, 0.717) is 78.7 Å². The maximum Gasteiger partial charge on any atom is 0.248 e. The molecular formula is C23H40N4O4S4. The summed E-state index contributed by atoms with van der Waals surface area (Å²) >= 11 is 8.81. The molecule has 2 amide bonds. The van der Waals surface area contributed by atoms with Gasteiger partial charge in [0.05, 0.1) is 13.1 Å². The zero-order valence-electron chi connectivity index (χ0n) is 21.8. The van der Waals surface area contributed by atoms with Crippen LogP contribution in [0.15, 0.2) is 0 Å². The quantitative estimate of drug-likeness (QED) is 0.234. The normalized spacial score (nSPS) is 19.4. The van der Waals surface area contributed by atoms with Crippen molar-refractivity contribution in [2.24, 2.45) is 0 Å². The summed E-state index contributed by atoms with van der Waals surface area (Å²) in [5.74, 6) is 1.87. The first kappa shape index (κ1) is 30.6. The maximum atomic E-state index is 12.6. The molecule has 0 radical (unpaired) electrons. The van der Waals surface area contributed by atoms with Crippen LogP contribution >= 0.6 is 24.4 Å². The molecule has 2 unspecified atom stereocenters. The Hall–Kier alpha value is -0.660. The van der Waals surface area contributed by atoms with E-state index in [9.17, 15) is 18.7 Å². The molecule has 2 atom stereocenters. The predicted molar refractivity (Wildman–Crippen MR) is 151 cm³/mol. The monoisotopic (exact) mass is 564 g/mol. The lowest BCUT2D eigenvalue weighted by Gasteiger charge is -2.35. The van der Waals surface area contributed by atoms with Gasteiger partial charge in [-0.2, -0.15) is 0 Å². The molecule has 2 heterocycles. The summed E-state index contributed by atoms with van der Waals surface area (Å²) in [5, 5.41) is 1.09. The molecule has 0 spiro atoms. The minimum absolute atomic E-state index is 0.00949. The van der Waals surface area contributed by atoms with Crippen molar-refractivity contribution in [3.05, 3.63) is 0 Å². The molecule has 0 aromatic heterocycles. The molecular weight excluding hydrogens is 525 g/mol. The van der Waals surface area contributed by atoms with Crippen LogP contribution in [0.25, 0.3) is 0 Å². The van der Waals surface area contributed by atoms with Gasteiger partial charge in [0, 0.05) is 43.4 Å². The summed E-state index contributed by atoms with van der Waals surface area (Å²) in [6.45, 7) is 13.8. The summed E-state index contributed by atoms with van der Waals surface area (Å²) in [4.78, 5) is 31.9. The number of hydrogen-bond acceptors (Lipinski definition) is 6. The molecule has 0 aromatic rings. The van der Waals surface area contributed by atoms with Gasteiger partial charge < -0.3 is 18.9 Å². The van der Waals surface area contributed by atoms with Gasteiger partial charge in [0.25, 0.3) is 0 Å². The average molecular weight is 565 g/mol. The fourth-order valence-corrected chi connectivity index (χ4v) is 8.39. The zero-order valence-corrected chi connectivity index (χ0v) is 25.1. The third-order valence-electron chi connectivity index (χ3n) is 6.68. The van der Waals surface area contributed by atoms with E-state index in [1.807, 2.05) is 51.3 Å². The first-order valence-electron chi connectivity index (χ1n) is 12.2. The van der Waals surface area contributed by atoms with Crippen LogP contribution in [-0.2, 0) is 31.9 Å². The van der Waals surface area contributed by atoms with Crippen molar-refractivity contribution in [1.29, 1.82) is 0 Å². The Kier molecular flexibility index (Phi) is 11.1. The molecule has 35 heavy (non-hydrogen) atoms. The Morgan fingerprint density at radius 3 is 1.37 bits per heavy atom. The van der Waals surface area contributed by atoms with Gasteiger partial charge in [-0.25, -0.2) is 0 Å². The van der Waals surface area contributed by atoms with E-state index in [4.69, 9.17) is 24.4 Å². The molecule has 2 fully saturated rings. The molecule has 2 rings (SSSR count). The van der Waals surface area contributed by atoms with E-state index in [1.54, 1.807) is 9.80 Å². The number of carbonyl (C=O) groups is 2. The minimum atomic E-state index is -1.06. The molecule has 0 bridgehead atoms. The molecule has 2 aliphatic rings. The van der Waals surface area contributed by atoms with E-state index in [0.717, 1.165) is 0 Å². The Labute approximate surface area is 227 Å². The van der Waals surface area contributed by atoms with Gasteiger partial charge in [-0.3, -0.25) is 19.4 Å². The number of hydrogen-bond donors (Lipinski definition) is 0. The minimum Gasteiger partial charge on any atom is -0.616 e. The van der Waals surface area contributed by atoms with Crippen LogP contribution in [-0.4, -0.2) is 111 Å². The first-order chi connectivity index (χ1) is 16.2. The highest BCUT2D eigenvalue weighted by atomic mass is 32.2. The molecule has 2 aliphatic heterocycles. The van der Waals surface area contributed by atoms with Crippen molar-refractivity contribution in [3.8, 4) is 0 Å². The van der Waals surface area contributed by atoms with Crippen LogP contribution in [0, 0.1) is 0 Å². The lowest BCUT2D eigenvalue weighted by atomic mass is 10.00. The van der Waals surface area contributed by atoms with Crippen LogP contribution in [0.1, 0.15) is 60.8 Å². The Balaban J connectivity index is 1.73. The zero-order chi connectivity index (χ0) is 26.6. The number of nitrogens with zero attached hydrogens (tertiary/aromatic N) is 4. The van der Waals surface area contributed by atoms with Crippen LogP contribution in [0.4, 0.5) is 0 Å². The molecule has 0 aromatic carbocycles. The van der Waals surface area contributed by atoms with E-state index in [-0.39, 0.29) is 11.8 Å². The Bertz CT molecular complexity index is 746. The molecule has 0 N–H and O–H groups in total. The lowest BCUT2D eigenvalue weighted by Crippen LogP contribution is -2.49. The number of likely N-dealkylation sites (N-methyl/N-ethyl adjacent to an activating group) is 2. The van der Waals surface area contributed by atoms with Gasteiger partial charge in [0.2, 0.25) is 11.8 Å². The first-order valence-corrected chi connectivity index (χ1v) is 16.0. The standard InChI is InChI=1S/C23H40N4O4S4/c1-7-24-16-18(28)26(20(24)32)22(3,4)10-14-34(30)12-9-13-35(31)15-11-23(5,6)27-19(29)17-25(8-2)21(27)33/h7-17H2,1-6H3. The fraction of sp³-hybridized carbons (Fsp3) is 0.826. The maximum absolute atomic E-state index is 12.6. The van der Waals surface area contributed by atoms with Crippen LogP contribution in [0.5, 0.6) is 0 Å². The van der Waals surface area contributed by atoms with Gasteiger partial charge in [-0.15, -0.1) is 0 Å². The Morgan fingerprint density at radius 2 is 1.09 bits per heavy atom. The van der Waals surface area contributed by atoms with Gasteiger partial charge in [-0.1, -0.05) is 22.4 Å². The van der Waals surface area contributed by atoms with Crippen molar-refractivity contribution in [1.82, 2.24) is 19.6 Å². The van der Waals surface area contributed by atoms with Crippen molar-refractivity contribution in [2.75, 3.05) is 49.2 Å². The topological polar surface area (TPSA) is 93.2 Å². The predicted octanol–water partition coefficient (Wildman–Crippen LogP) is 2.11. The van der Waals surface area contributed by atoms with Crippen molar-refractivity contribution in [2.45, 2.75) is 71.9 Å². The highest BCUT2D eigenvalue weighted by molar-refractivity contribution is 7.92. The van der Waals surface area contributed by atoms with E-state index in [1.165, 1.54) is 0 Å². The summed E-state index contributed by atoms with van der Waals surface area (Å²) in [5.41, 5.74) is -0.994. The number of rotatable bonds is 14. The van der Waals surface area contributed by atoms with Gasteiger partial charge in [0.1, 0.15) is 23.0 Å². The summed E-state index contributed by atoms with van der Waals surface area (Å²) in [7, 11) is 0. The molecule has 8 nitrogen and oxygen atoms in total. The smallest absolute Gasteiger partial charge is 0.248 e. The molecule has 0 saturated carbocycles. The Morgan fingerprint density at radius 1 is 0.743 bits per heavy atom. The molecule has 0 aliphatic carbocycles. The summed E-state index contributed by atoms with van der Waals surface area (Å²) < 4.78 is 25.2. The largest absolute Gasteiger partial charge is 0.616 e. The SMILES string of the molecule is CCN1CC(=O)N(C(C)(C)CC[S+]([O-])CCC[S+]([O-])CCC(C)(C)N2C(=O)CN(CC)C2=S)C1=S. The molecule has 200 valence electrons. The second-order valence-electron chi connectivity index (χ2n) is 10.2. The second kappa shape index (κ2) is 12.7. The van der Waals surface area contributed by atoms with Crippen molar-refractivity contribution >= 4 is 68.8 Å². The fourth-order valence-electron chi connectivity index (χ4n) is 4.32. The summed E-state index contributed by atoms with van der Waals surface area (Å²) in [6, 6.07) is 0. The number of carbonyl (C=O) groups excluding carboxylic acids is 2. The van der Waals surface area contributed by atoms with Crippen molar-refractivity contribution in [3.63, 3.8) is 0 Å². The third kappa shape index (κ3) is 7.67. The van der Waals surface area contributed by atoms with Gasteiger partial charge in [-0.05, 0) is 66.0 Å². The van der Waals surface area contributed by atoms with E-state index >= 15 is 0 Å². The average Bonchev–Trinajstić information content (AvgIpc) is 3.24. The lowest BCUT2D eigenvalue weighted by molar-refractivity contribution is -0.129. The molecule has 12 heteroatoms. The van der Waals surface area contributed by atoms with E-state index in [2.05, 4.69) is 0 Å². The van der Waals surface area contributed by atoms with Crippen molar-refractivity contribution < 1.29 is 18.7 Å². The van der Waals surface area contributed by atoms with Gasteiger partial charge >= 0.3 is 0 Å². The summed E-state index contributed by atoms with van der Waals surface area (Å²) in [6.07, 6.45) is 1.77. The van der Waals surface area contributed by atoms with Gasteiger partial charge in [0.15, 0.2) is 10.2 Å². The van der Waals surface area contributed by atoms with Crippen LogP contribution < -0.4 is 0 Å². The molecule has 2 saturated heterocycles.